The van der Waals surface area contributed by atoms with E-state index in [4.69, 9.17) is 5.73 Å². The molecule has 1 fully saturated rings. The highest BCUT2D eigenvalue weighted by Crippen LogP contribution is 2.26. The molecule has 1 amide bonds. The molecule has 2 aliphatic heterocycles. The molecule has 0 saturated carbocycles. The first-order valence-corrected chi connectivity index (χ1v) is 9.80. The van der Waals surface area contributed by atoms with Crippen molar-refractivity contribution in [2.45, 2.75) is 31.6 Å². The topological polar surface area (TPSA) is 74.5 Å². The van der Waals surface area contributed by atoms with Gasteiger partial charge in [0, 0.05) is 54.1 Å². The van der Waals surface area contributed by atoms with Gasteiger partial charge in [-0.1, -0.05) is 6.08 Å². The second-order valence-electron chi connectivity index (χ2n) is 7.40. The maximum atomic E-state index is 13.4. The largest absolute Gasteiger partial charge is 0.358 e. The van der Waals surface area contributed by atoms with Crippen LogP contribution in [-0.2, 0) is 4.79 Å². The fraction of sp³-hybridized carbons (Fsp3) is 0.364. The van der Waals surface area contributed by atoms with Crippen LogP contribution in [0.15, 0.2) is 47.4 Å². The standard InChI is InChI=1S/C22H25FN4O/c23-18-3-1-17(2-4-18)22-19(15-5-9-25-10-6-15)13-20(26-22)16-7-11-27(12-8-16)21(28)14-24/h1,3-5,9-10,13,16,26H,2,6-8,11-12,14,24H2. The van der Waals surface area contributed by atoms with Crippen LogP contribution in [0.1, 0.15) is 37.3 Å². The summed E-state index contributed by atoms with van der Waals surface area (Å²) in [4.78, 5) is 21.5. The van der Waals surface area contributed by atoms with Crippen molar-refractivity contribution >= 4 is 23.3 Å². The molecule has 0 unspecified atom stereocenters. The number of nitrogens with two attached hydrogens (primary N) is 1. The van der Waals surface area contributed by atoms with Gasteiger partial charge in [-0.25, -0.2) is 4.39 Å². The lowest BCUT2D eigenvalue weighted by Gasteiger charge is -2.31. The molecule has 0 atom stereocenters. The average molecular weight is 380 g/mol. The first-order valence-electron chi connectivity index (χ1n) is 9.80. The third-order valence-electron chi connectivity index (χ3n) is 5.71. The van der Waals surface area contributed by atoms with Crippen LogP contribution in [0.5, 0.6) is 0 Å². The second-order valence-corrected chi connectivity index (χ2v) is 7.40. The first-order chi connectivity index (χ1) is 13.7. The summed E-state index contributed by atoms with van der Waals surface area (Å²) in [5, 5.41) is 2.22. The Labute approximate surface area is 163 Å². The third-order valence-corrected chi connectivity index (χ3v) is 5.71. The van der Waals surface area contributed by atoms with Gasteiger partial charge in [-0.3, -0.25) is 9.79 Å². The van der Waals surface area contributed by atoms with Crippen LogP contribution in [0.25, 0.3) is 11.1 Å². The summed E-state index contributed by atoms with van der Waals surface area (Å²) in [6, 6.07) is 2.23. The molecule has 6 heteroatoms. The molecular formula is C22H25FN4O. The Balaban J connectivity index is 1.71. The van der Waals surface area contributed by atoms with Gasteiger partial charge in [0.05, 0.1) is 6.54 Å². The van der Waals surface area contributed by atoms with Crippen LogP contribution < -0.4 is 16.3 Å². The maximum absolute atomic E-state index is 13.4. The van der Waals surface area contributed by atoms with Crippen molar-refractivity contribution in [3.05, 3.63) is 58.7 Å². The van der Waals surface area contributed by atoms with E-state index in [-0.39, 0.29) is 18.3 Å². The number of hydrogen-bond donors (Lipinski definition) is 2. The molecule has 3 N–H and O–H groups in total. The molecule has 0 radical (unpaired) electrons. The number of halogens is 1. The molecular weight excluding hydrogens is 355 g/mol. The van der Waals surface area contributed by atoms with Crippen LogP contribution >= 0.6 is 0 Å². The van der Waals surface area contributed by atoms with Gasteiger partial charge in [0.2, 0.25) is 5.91 Å². The van der Waals surface area contributed by atoms with Crippen molar-refractivity contribution in [2.75, 3.05) is 19.6 Å². The Morgan fingerprint density at radius 1 is 1.21 bits per heavy atom. The summed E-state index contributed by atoms with van der Waals surface area (Å²) < 4.78 is 13.4. The van der Waals surface area contributed by atoms with Gasteiger partial charge in [0.1, 0.15) is 5.83 Å². The van der Waals surface area contributed by atoms with E-state index >= 15 is 0 Å². The number of piperidine rings is 1. The highest BCUT2D eigenvalue weighted by atomic mass is 19.1. The van der Waals surface area contributed by atoms with E-state index in [1.165, 1.54) is 17.3 Å². The Bertz CT molecular complexity index is 1000. The lowest BCUT2D eigenvalue weighted by molar-refractivity contribution is -0.130. The molecule has 28 heavy (non-hydrogen) atoms. The van der Waals surface area contributed by atoms with Gasteiger partial charge in [0.25, 0.3) is 0 Å². The smallest absolute Gasteiger partial charge is 0.236 e. The van der Waals surface area contributed by atoms with Gasteiger partial charge >= 0.3 is 0 Å². The molecule has 3 heterocycles. The number of hydrogen-bond acceptors (Lipinski definition) is 3. The molecule has 4 rings (SSSR count). The maximum Gasteiger partial charge on any atom is 0.236 e. The van der Waals surface area contributed by atoms with E-state index in [1.807, 2.05) is 29.5 Å². The Morgan fingerprint density at radius 2 is 2.04 bits per heavy atom. The Morgan fingerprint density at radius 3 is 2.68 bits per heavy atom. The zero-order chi connectivity index (χ0) is 19.5. The summed E-state index contributed by atoms with van der Waals surface area (Å²) >= 11 is 0. The number of likely N-dealkylation sites (tertiary alicyclic amines) is 1. The number of aromatic amines is 1. The highest BCUT2D eigenvalue weighted by Gasteiger charge is 2.24. The Kier molecular flexibility index (Phi) is 5.39. The first kappa shape index (κ1) is 18.6. The van der Waals surface area contributed by atoms with Gasteiger partial charge in [-0.05, 0) is 54.7 Å². The molecule has 1 aromatic heterocycles. The van der Waals surface area contributed by atoms with Crippen LogP contribution in [0.3, 0.4) is 0 Å². The minimum absolute atomic E-state index is 0.0187. The molecule has 5 nitrogen and oxygen atoms in total. The van der Waals surface area contributed by atoms with E-state index in [0.717, 1.165) is 48.5 Å². The quantitative estimate of drug-likeness (QED) is 0.821. The van der Waals surface area contributed by atoms with Crippen LogP contribution in [0.2, 0.25) is 0 Å². The van der Waals surface area contributed by atoms with Crippen LogP contribution in [-0.4, -0.2) is 41.6 Å². The number of nitrogens with zero attached hydrogens (tertiary/aromatic N) is 2. The van der Waals surface area contributed by atoms with Crippen molar-refractivity contribution in [2.24, 2.45) is 10.7 Å². The third kappa shape index (κ3) is 3.78. The van der Waals surface area contributed by atoms with Crippen molar-refractivity contribution in [3.63, 3.8) is 0 Å². The number of rotatable bonds is 2. The van der Waals surface area contributed by atoms with Gasteiger partial charge in [-0.2, -0.15) is 0 Å². The molecule has 0 aromatic carbocycles. The van der Waals surface area contributed by atoms with Gasteiger partial charge in [0.15, 0.2) is 0 Å². The summed E-state index contributed by atoms with van der Waals surface area (Å²) in [6.07, 6.45) is 13.9. The van der Waals surface area contributed by atoms with Crippen molar-refractivity contribution in [3.8, 4) is 0 Å². The molecule has 1 aliphatic carbocycles. The second kappa shape index (κ2) is 8.10. The van der Waals surface area contributed by atoms with Crippen molar-refractivity contribution < 1.29 is 9.18 Å². The number of aromatic nitrogens is 1. The van der Waals surface area contributed by atoms with E-state index in [9.17, 15) is 9.18 Å². The summed E-state index contributed by atoms with van der Waals surface area (Å²) in [5.74, 6) is 0.202. The summed E-state index contributed by atoms with van der Waals surface area (Å²) in [7, 11) is 0. The monoisotopic (exact) mass is 380 g/mol. The zero-order valence-corrected chi connectivity index (χ0v) is 15.8. The number of carbonyl (C=O) groups is 1. The zero-order valence-electron chi connectivity index (χ0n) is 15.8. The SMILES string of the molecule is NCC(=O)N1CCC(c2cc(=C3C=CN=CC3)c(=C3C=CC(F)=CC3)[nH]2)CC1. The molecule has 1 saturated heterocycles. The predicted molar refractivity (Wildman–Crippen MR) is 110 cm³/mol. The number of H-pyrrole nitrogens is 1. The van der Waals surface area contributed by atoms with Crippen molar-refractivity contribution in [1.29, 1.82) is 0 Å². The Hall–Kier alpha value is -2.73. The van der Waals surface area contributed by atoms with E-state index < -0.39 is 0 Å². The molecule has 146 valence electrons. The molecule has 0 spiro atoms. The fourth-order valence-corrected chi connectivity index (χ4v) is 4.09. The van der Waals surface area contributed by atoms with Crippen LogP contribution in [0.4, 0.5) is 4.39 Å². The number of nitrogens with one attached hydrogen (secondary N) is 1. The number of carbonyl (C=O) groups excluding carboxylic acids is 1. The lowest BCUT2D eigenvalue weighted by Crippen LogP contribution is -2.41. The molecule has 1 aromatic rings. The van der Waals surface area contributed by atoms with E-state index in [2.05, 4.69) is 16.0 Å². The average Bonchev–Trinajstić information content (AvgIpc) is 3.20. The normalized spacial score (nSPS) is 23.9. The van der Waals surface area contributed by atoms with Gasteiger partial charge < -0.3 is 15.6 Å². The predicted octanol–water partition coefficient (Wildman–Crippen LogP) is 1.78. The summed E-state index contributed by atoms with van der Waals surface area (Å²) in [5.41, 5.74) is 8.97. The fourth-order valence-electron chi connectivity index (χ4n) is 4.09. The summed E-state index contributed by atoms with van der Waals surface area (Å²) in [6.45, 7) is 1.54. The molecule has 3 aliphatic rings. The lowest BCUT2D eigenvalue weighted by atomic mass is 9.93. The van der Waals surface area contributed by atoms with Crippen LogP contribution in [0, 0.1) is 0 Å². The minimum Gasteiger partial charge on any atom is -0.358 e. The number of allylic oxidation sites excluding steroid dienone is 5. The number of aliphatic imine (C=N–C) groups is 1. The molecule has 0 bridgehead atoms. The minimum atomic E-state index is -0.189. The van der Waals surface area contributed by atoms with E-state index in [1.54, 1.807) is 6.08 Å². The highest BCUT2D eigenvalue weighted by molar-refractivity contribution is 5.79. The van der Waals surface area contributed by atoms with Gasteiger partial charge in [-0.15, -0.1) is 0 Å². The van der Waals surface area contributed by atoms with E-state index in [0.29, 0.717) is 12.3 Å². The number of amides is 1. The van der Waals surface area contributed by atoms with Crippen molar-refractivity contribution in [1.82, 2.24) is 9.88 Å².